The van der Waals surface area contributed by atoms with E-state index in [9.17, 15) is 4.79 Å². The Balaban J connectivity index is 1.51. The van der Waals surface area contributed by atoms with Crippen molar-refractivity contribution in [3.8, 4) is 0 Å². The maximum atomic E-state index is 12.4. The van der Waals surface area contributed by atoms with Crippen LogP contribution in [0.15, 0.2) is 71.8 Å². The van der Waals surface area contributed by atoms with Gasteiger partial charge in [0.2, 0.25) is 0 Å². The Morgan fingerprint density at radius 2 is 1.78 bits per heavy atom. The summed E-state index contributed by atoms with van der Waals surface area (Å²) < 4.78 is 1.89. The van der Waals surface area contributed by atoms with Crippen molar-refractivity contribution in [3.05, 3.63) is 78.1 Å². The molecule has 27 heavy (non-hydrogen) atoms. The Morgan fingerprint density at radius 1 is 1.04 bits per heavy atom. The standard InChI is InChI=1S/C22H20N4O/c1-15(18-12-11-17-7-3-4-8-19(17)13-18)24-25-22(27)14-26-16(2)23-20-9-5-6-10-21(20)26/h3-13H,14H2,1-2H3,(H,25,27). The highest BCUT2D eigenvalue weighted by Crippen LogP contribution is 2.17. The Bertz CT molecular complexity index is 1170. The number of rotatable bonds is 4. The van der Waals surface area contributed by atoms with E-state index in [1.165, 1.54) is 5.39 Å². The van der Waals surface area contributed by atoms with Gasteiger partial charge in [0.25, 0.3) is 5.91 Å². The maximum absolute atomic E-state index is 12.4. The van der Waals surface area contributed by atoms with Crippen LogP contribution >= 0.6 is 0 Å². The Morgan fingerprint density at radius 3 is 2.63 bits per heavy atom. The van der Waals surface area contributed by atoms with Crippen LogP contribution in [0.25, 0.3) is 21.8 Å². The van der Waals surface area contributed by atoms with E-state index < -0.39 is 0 Å². The number of hydrazone groups is 1. The molecule has 0 bridgehead atoms. The largest absolute Gasteiger partial charge is 0.319 e. The summed E-state index contributed by atoms with van der Waals surface area (Å²) in [5, 5.41) is 6.61. The lowest BCUT2D eigenvalue weighted by molar-refractivity contribution is -0.121. The first-order chi connectivity index (χ1) is 13.1. The molecule has 5 nitrogen and oxygen atoms in total. The first kappa shape index (κ1) is 17.0. The van der Waals surface area contributed by atoms with E-state index in [1.807, 2.05) is 60.9 Å². The number of aromatic nitrogens is 2. The van der Waals surface area contributed by atoms with Gasteiger partial charge in [0.05, 0.1) is 16.7 Å². The molecule has 0 fully saturated rings. The second-order valence-electron chi connectivity index (χ2n) is 6.53. The van der Waals surface area contributed by atoms with Crippen molar-refractivity contribution in [2.45, 2.75) is 20.4 Å². The van der Waals surface area contributed by atoms with Crippen molar-refractivity contribution < 1.29 is 4.79 Å². The minimum atomic E-state index is -0.179. The highest BCUT2D eigenvalue weighted by molar-refractivity contribution is 6.02. The fraction of sp³-hybridized carbons (Fsp3) is 0.136. The van der Waals surface area contributed by atoms with Crippen LogP contribution in [0.4, 0.5) is 0 Å². The van der Waals surface area contributed by atoms with Crippen molar-refractivity contribution in [2.24, 2.45) is 5.10 Å². The summed E-state index contributed by atoms with van der Waals surface area (Å²) in [6.45, 7) is 3.97. The molecule has 134 valence electrons. The summed E-state index contributed by atoms with van der Waals surface area (Å²) in [4.78, 5) is 16.9. The topological polar surface area (TPSA) is 59.3 Å². The average Bonchev–Trinajstić information content (AvgIpc) is 3.01. The van der Waals surface area contributed by atoms with E-state index in [4.69, 9.17) is 0 Å². The Kier molecular flexibility index (Phi) is 4.42. The van der Waals surface area contributed by atoms with Crippen molar-refractivity contribution in [2.75, 3.05) is 0 Å². The second kappa shape index (κ2) is 7.03. The number of imidazole rings is 1. The first-order valence-corrected chi connectivity index (χ1v) is 8.86. The summed E-state index contributed by atoms with van der Waals surface area (Å²) in [6.07, 6.45) is 0. The number of carbonyl (C=O) groups excluding carboxylic acids is 1. The van der Waals surface area contributed by atoms with Gasteiger partial charge in [-0.05, 0) is 48.4 Å². The highest BCUT2D eigenvalue weighted by atomic mass is 16.2. The number of hydrogen-bond acceptors (Lipinski definition) is 3. The summed E-state index contributed by atoms with van der Waals surface area (Å²) in [5.41, 5.74) is 6.24. The number of carbonyl (C=O) groups is 1. The minimum Gasteiger partial charge on any atom is -0.319 e. The van der Waals surface area contributed by atoms with Gasteiger partial charge in [-0.15, -0.1) is 0 Å². The van der Waals surface area contributed by atoms with Crippen LogP contribution in [-0.4, -0.2) is 21.2 Å². The molecule has 0 saturated heterocycles. The van der Waals surface area contributed by atoms with Crippen molar-refractivity contribution in [1.29, 1.82) is 0 Å². The molecule has 0 saturated carbocycles. The average molecular weight is 356 g/mol. The van der Waals surface area contributed by atoms with Gasteiger partial charge in [-0.2, -0.15) is 5.10 Å². The predicted molar refractivity (Wildman–Crippen MR) is 109 cm³/mol. The SMILES string of the molecule is CC(=NNC(=O)Cn1c(C)nc2ccccc21)c1ccc2ccccc2c1. The zero-order valence-corrected chi connectivity index (χ0v) is 15.3. The first-order valence-electron chi connectivity index (χ1n) is 8.86. The maximum Gasteiger partial charge on any atom is 0.260 e. The summed E-state index contributed by atoms with van der Waals surface area (Å²) >= 11 is 0. The lowest BCUT2D eigenvalue weighted by atomic mass is 10.0. The highest BCUT2D eigenvalue weighted by Gasteiger charge is 2.10. The molecule has 4 aromatic rings. The third-order valence-corrected chi connectivity index (χ3v) is 4.66. The number of para-hydroxylation sites is 2. The van der Waals surface area contributed by atoms with Crippen LogP contribution < -0.4 is 5.43 Å². The Labute approximate surface area is 157 Å². The van der Waals surface area contributed by atoms with Gasteiger partial charge in [0.1, 0.15) is 12.4 Å². The molecule has 4 rings (SSSR count). The zero-order chi connectivity index (χ0) is 18.8. The molecule has 0 radical (unpaired) electrons. The van der Waals surface area contributed by atoms with E-state index in [1.54, 1.807) is 0 Å². The lowest BCUT2D eigenvalue weighted by Crippen LogP contribution is -2.24. The summed E-state index contributed by atoms with van der Waals surface area (Å²) in [7, 11) is 0. The van der Waals surface area contributed by atoms with E-state index in [0.717, 1.165) is 33.5 Å². The Hall–Kier alpha value is -3.47. The number of amides is 1. The summed E-state index contributed by atoms with van der Waals surface area (Å²) in [6, 6.07) is 22.1. The monoisotopic (exact) mass is 356 g/mol. The molecule has 0 aliphatic rings. The van der Waals surface area contributed by atoms with Gasteiger partial charge in [0, 0.05) is 0 Å². The van der Waals surface area contributed by atoms with Crippen molar-refractivity contribution in [1.82, 2.24) is 15.0 Å². The van der Waals surface area contributed by atoms with Crippen LogP contribution in [0.5, 0.6) is 0 Å². The van der Waals surface area contributed by atoms with Crippen LogP contribution in [0.2, 0.25) is 0 Å². The molecule has 3 aromatic carbocycles. The third-order valence-electron chi connectivity index (χ3n) is 4.66. The molecular weight excluding hydrogens is 336 g/mol. The normalized spacial score (nSPS) is 11.9. The van der Waals surface area contributed by atoms with Crippen molar-refractivity contribution in [3.63, 3.8) is 0 Å². The molecular formula is C22H20N4O. The second-order valence-corrected chi connectivity index (χ2v) is 6.53. The van der Waals surface area contributed by atoms with Gasteiger partial charge in [0.15, 0.2) is 0 Å². The van der Waals surface area contributed by atoms with Gasteiger partial charge < -0.3 is 4.57 Å². The lowest BCUT2D eigenvalue weighted by Gasteiger charge is -2.07. The fourth-order valence-electron chi connectivity index (χ4n) is 3.20. The van der Waals surface area contributed by atoms with Gasteiger partial charge in [-0.1, -0.05) is 48.5 Å². The number of nitrogens with zero attached hydrogens (tertiary/aromatic N) is 3. The van der Waals surface area contributed by atoms with Gasteiger partial charge >= 0.3 is 0 Å². The minimum absolute atomic E-state index is 0.179. The zero-order valence-electron chi connectivity index (χ0n) is 15.3. The smallest absolute Gasteiger partial charge is 0.260 e. The molecule has 0 aliphatic heterocycles. The third kappa shape index (κ3) is 3.44. The molecule has 0 aliphatic carbocycles. The number of benzene rings is 3. The van der Waals surface area contributed by atoms with Crippen molar-refractivity contribution >= 4 is 33.4 Å². The van der Waals surface area contributed by atoms with Crippen LogP contribution in [-0.2, 0) is 11.3 Å². The molecule has 1 N–H and O–H groups in total. The van der Waals surface area contributed by atoms with E-state index >= 15 is 0 Å². The molecule has 0 unspecified atom stereocenters. The van der Waals surface area contributed by atoms with E-state index in [-0.39, 0.29) is 12.5 Å². The molecule has 1 aromatic heterocycles. The number of nitrogens with one attached hydrogen (secondary N) is 1. The number of hydrogen-bond donors (Lipinski definition) is 1. The van der Waals surface area contributed by atoms with Gasteiger partial charge in [-0.25, -0.2) is 10.4 Å². The van der Waals surface area contributed by atoms with Crippen LogP contribution in [0.1, 0.15) is 18.3 Å². The molecule has 1 heterocycles. The summed E-state index contributed by atoms with van der Waals surface area (Å²) in [5.74, 6) is 0.628. The van der Waals surface area contributed by atoms with Crippen LogP contribution in [0.3, 0.4) is 0 Å². The number of aryl methyl sites for hydroxylation is 1. The quantitative estimate of drug-likeness (QED) is 0.443. The fourth-order valence-corrected chi connectivity index (χ4v) is 3.20. The molecule has 0 atom stereocenters. The molecule has 1 amide bonds. The number of fused-ring (bicyclic) bond motifs is 2. The van der Waals surface area contributed by atoms with Gasteiger partial charge in [-0.3, -0.25) is 4.79 Å². The van der Waals surface area contributed by atoms with Crippen LogP contribution in [0, 0.1) is 6.92 Å². The molecule has 0 spiro atoms. The van der Waals surface area contributed by atoms with E-state index in [0.29, 0.717) is 0 Å². The van der Waals surface area contributed by atoms with E-state index in [2.05, 4.69) is 39.8 Å². The molecule has 5 heteroatoms. The predicted octanol–water partition coefficient (Wildman–Crippen LogP) is 4.04.